The third-order valence-corrected chi connectivity index (χ3v) is 5.10. The molecule has 0 saturated heterocycles. The first-order valence-electron chi connectivity index (χ1n) is 9.27. The molecule has 0 unspecified atom stereocenters. The van der Waals surface area contributed by atoms with Crippen LogP contribution >= 0.6 is 0 Å². The molecule has 10 nitrogen and oxygen atoms in total. The summed E-state index contributed by atoms with van der Waals surface area (Å²) in [5, 5.41) is 10.0. The van der Waals surface area contributed by atoms with Gasteiger partial charge in [-0.3, -0.25) is 14.9 Å². The fourth-order valence-corrected chi connectivity index (χ4v) is 3.38. The number of aromatic amines is 1. The molecule has 10 heteroatoms. The van der Waals surface area contributed by atoms with E-state index in [1.165, 1.54) is 0 Å². The van der Waals surface area contributed by atoms with Gasteiger partial charge in [0.1, 0.15) is 5.52 Å². The second kappa shape index (κ2) is 6.36. The molecule has 0 radical (unpaired) electrons. The maximum absolute atomic E-state index is 12.2. The smallest absolute Gasteiger partial charge is 0.271 e. The Balaban J connectivity index is 1.72. The van der Waals surface area contributed by atoms with Gasteiger partial charge in [-0.15, -0.1) is 0 Å². The fraction of sp³-hybridized carbons (Fsp3) is 0.263. The number of hydrogen-bond acceptors (Lipinski definition) is 7. The number of primary amides is 1. The van der Waals surface area contributed by atoms with Crippen LogP contribution in [0.25, 0.3) is 22.3 Å². The molecule has 0 atom stereocenters. The summed E-state index contributed by atoms with van der Waals surface area (Å²) in [5.74, 6) is -0.0518. The second-order valence-electron chi connectivity index (χ2n) is 7.21. The molecule has 4 N–H and O–H groups in total. The Morgan fingerprint density at radius 2 is 2.14 bits per heavy atom. The van der Waals surface area contributed by atoms with Crippen molar-refractivity contribution in [2.24, 2.45) is 12.8 Å². The Morgan fingerprint density at radius 1 is 1.31 bits per heavy atom. The van der Waals surface area contributed by atoms with Gasteiger partial charge < -0.3 is 15.6 Å². The van der Waals surface area contributed by atoms with Gasteiger partial charge in [-0.2, -0.15) is 5.10 Å². The van der Waals surface area contributed by atoms with E-state index in [4.69, 9.17) is 10.7 Å². The normalized spacial score (nSPS) is 13.7. The summed E-state index contributed by atoms with van der Waals surface area (Å²) in [4.78, 5) is 30.5. The highest BCUT2D eigenvalue weighted by atomic mass is 16.1. The summed E-state index contributed by atoms with van der Waals surface area (Å²) in [6, 6.07) is 0. The van der Waals surface area contributed by atoms with Crippen molar-refractivity contribution in [3.8, 4) is 11.3 Å². The van der Waals surface area contributed by atoms with E-state index in [1.807, 2.05) is 18.5 Å². The van der Waals surface area contributed by atoms with E-state index in [1.54, 1.807) is 24.9 Å². The zero-order valence-electron chi connectivity index (χ0n) is 16.0. The highest BCUT2D eigenvalue weighted by Crippen LogP contribution is 2.44. The zero-order valence-corrected chi connectivity index (χ0v) is 16.0. The van der Waals surface area contributed by atoms with Gasteiger partial charge in [0, 0.05) is 30.9 Å². The summed E-state index contributed by atoms with van der Waals surface area (Å²) in [6.07, 6.45) is 8.94. The third kappa shape index (κ3) is 2.89. The number of aryl methyl sites for hydroxylation is 2. The van der Waals surface area contributed by atoms with Crippen LogP contribution in [-0.2, 0) is 7.05 Å². The van der Waals surface area contributed by atoms with Crippen molar-refractivity contribution in [1.29, 1.82) is 0 Å². The van der Waals surface area contributed by atoms with Crippen molar-refractivity contribution in [3.05, 3.63) is 42.0 Å². The molecule has 1 saturated carbocycles. The van der Waals surface area contributed by atoms with Gasteiger partial charge >= 0.3 is 0 Å². The lowest BCUT2D eigenvalue weighted by Gasteiger charge is -2.14. The predicted molar refractivity (Wildman–Crippen MR) is 107 cm³/mol. The third-order valence-electron chi connectivity index (χ3n) is 5.10. The minimum Gasteiger partial charge on any atom is -0.364 e. The molecule has 0 bridgehead atoms. The predicted octanol–water partition coefficient (Wildman–Crippen LogP) is 2.18. The van der Waals surface area contributed by atoms with Crippen molar-refractivity contribution in [1.82, 2.24) is 34.7 Å². The van der Waals surface area contributed by atoms with Crippen LogP contribution in [0.3, 0.4) is 0 Å². The molecule has 4 heterocycles. The van der Waals surface area contributed by atoms with Crippen LogP contribution in [0.1, 0.15) is 40.6 Å². The molecule has 146 valence electrons. The lowest BCUT2D eigenvalue weighted by atomic mass is 10.1. The SMILES string of the molecule is Cc1n[nH]cc1Nc1nc(C2CC2)c(-c2cncc3c2ncn3C)nc1C(N)=O. The average Bonchev–Trinajstić information content (AvgIpc) is 3.38. The monoisotopic (exact) mass is 389 g/mol. The maximum Gasteiger partial charge on any atom is 0.271 e. The first-order valence-corrected chi connectivity index (χ1v) is 9.27. The molecule has 4 aromatic heterocycles. The summed E-state index contributed by atoms with van der Waals surface area (Å²) < 4.78 is 1.89. The van der Waals surface area contributed by atoms with E-state index in [9.17, 15) is 4.79 Å². The summed E-state index contributed by atoms with van der Waals surface area (Å²) in [7, 11) is 1.91. The van der Waals surface area contributed by atoms with Crippen LogP contribution in [-0.4, -0.2) is 40.6 Å². The van der Waals surface area contributed by atoms with Crippen LogP contribution in [0.15, 0.2) is 24.9 Å². The van der Waals surface area contributed by atoms with E-state index in [0.717, 1.165) is 40.8 Å². The van der Waals surface area contributed by atoms with Gasteiger partial charge in [0.2, 0.25) is 0 Å². The first kappa shape index (κ1) is 17.3. The second-order valence-corrected chi connectivity index (χ2v) is 7.21. The Morgan fingerprint density at radius 3 is 2.83 bits per heavy atom. The van der Waals surface area contributed by atoms with Crippen LogP contribution in [0.5, 0.6) is 0 Å². The zero-order chi connectivity index (χ0) is 20.1. The summed E-state index contributed by atoms with van der Waals surface area (Å²) >= 11 is 0. The van der Waals surface area contributed by atoms with Crippen molar-refractivity contribution in [3.63, 3.8) is 0 Å². The van der Waals surface area contributed by atoms with Crippen LogP contribution in [0.4, 0.5) is 11.5 Å². The number of nitrogens with two attached hydrogens (primary N) is 1. The molecule has 1 fully saturated rings. The van der Waals surface area contributed by atoms with Crippen molar-refractivity contribution >= 4 is 28.4 Å². The molecule has 29 heavy (non-hydrogen) atoms. The number of H-pyrrole nitrogens is 1. The van der Waals surface area contributed by atoms with Crippen molar-refractivity contribution < 1.29 is 4.79 Å². The van der Waals surface area contributed by atoms with Gasteiger partial charge in [0.05, 0.1) is 40.8 Å². The number of nitrogens with zero attached hydrogens (tertiary/aromatic N) is 6. The van der Waals surface area contributed by atoms with E-state index in [0.29, 0.717) is 17.2 Å². The number of amides is 1. The Hall–Kier alpha value is -3.82. The average molecular weight is 389 g/mol. The Labute approximate surface area is 165 Å². The van der Waals surface area contributed by atoms with E-state index in [2.05, 4.69) is 30.5 Å². The molecule has 5 rings (SSSR count). The number of carbonyl (C=O) groups is 1. The number of fused-ring (bicyclic) bond motifs is 1. The van der Waals surface area contributed by atoms with Crippen LogP contribution < -0.4 is 11.1 Å². The quantitative estimate of drug-likeness (QED) is 0.475. The summed E-state index contributed by atoms with van der Waals surface area (Å²) in [5.41, 5.74) is 11.0. The van der Waals surface area contributed by atoms with E-state index in [-0.39, 0.29) is 11.6 Å². The van der Waals surface area contributed by atoms with Gasteiger partial charge in [0.25, 0.3) is 5.91 Å². The van der Waals surface area contributed by atoms with Gasteiger partial charge in [-0.05, 0) is 19.8 Å². The minimum absolute atomic E-state index is 0.0675. The van der Waals surface area contributed by atoms with Crippen LogP contribution in [0.2, 0.25) is 0 Å². The Bertz CT molecular complexity index is 1250. The van der Waals surface area contributed by atoms with Crippen molar-refractivity contribution in [2.75, 3.05) is 5.32 Å². The van der Waals surface area contributed by atoms with Crippen LogP contribution in [0, 0.1) is 6.92 Å². The molecule has 1 aliphatic rings. The number of imidazole rings is 1. The fourth-order valence-electron chi connectivity index (χ4n) is 3.38. The molecule has 4 aromatic rings. The number of nitrogens with one attached hydrogen (secondary N) is 2. The maximum atomic E-state index is 12.2. The highest BCUT2D eigenvalue weighted by Gasteiger charge is 2.32. The molecule has 1 aliphatic carbocycles. The lowest BCUT2D eigenvalue weighted by Crippen LogP contribution is -2.18. The molecule has 0 spiro atoms. The number of anilines is 2. The molecular weight excluding hydrogens is 370 g/mol. The summed E-state index contributed by atoms with van der Waals surface area (Å²) in [6.45, 7) is 1.85. The number of aromatic nitrogens is 7. The van der Waals surface area contributed by atoms with Gasteiger partial charge in [0.15, 0.2) is 11.5 Å². The number of rotatable bonds is 5. The first-order chi connectivity index (χ1) is 14.0. The largest absolute Gasteiger partial charge is 0.364 e. The molecular formula is C19H19N9O. The van der Waals surface area contributed by atoms with E-state index < -0.39 is 5.91 Å². The highest BCUT2D eigenvalue weighted by molar-refractivity contribution is 5.98. The minimum atomic E-state index is -0.661. The van der Waals surface area contributed by atoms with Gasteiger partial charge in [-0.1, -0.05) is 0 Å². The molecule has 1 amide bonds. The molecule has 0 aliphatic heterocycles. The van der Waals surface area contributed by atoms with E-state index >= 15 is 0 Å². The van der Waals surface area contributed by atoms with Gasteiger partial charge in [-0.25, -0.2) is 15.0 Å². The van der Waals surface area contributed by atoms with Crippen molar-refractivity contribution in [2.45, 2.75) is 25.7 Å². The standard InChI is InChI=1S/C19H19N9O/c1-9-12(6-23-27-9)24-19-17(18(20)29)25-16(14(26-19)10-3-4-10)11-5-21-7-13-15(11)22-8-28(13)2/h5-8,10H,3-4H2,1-2H3,(H2,20,29)(H,23,27)(H,24,26). The number of hydrogen-bond donors (Lipinski definition) is 3. The molecule has 0 aromatic carbocycles. The number of carbonyl (C=O) groups excluding carboxylic acids is 1. The topological polar surface area (TPSA) is 140 Å². The lowest BCUT2D eigenvalue weighted by molar-refractivity contribution is 0.0996. The number of pyridine rings is 1. The Kier molecular flexibility index (Phi) is 3.79.